The fourth-order valence-electron chi connectivity index (χ4n) is 2.75. The molecule has 130 valence electrons. The average molecular weight is 363 g/mol. The van der Waals surface area contributed by atoms with E-state index in [1.165, 1.54) is 11.8 Å². The number of carbonyl (C=O) groups excluding carboxylic acids is 1. The van der Waals surface area contributed by atoms with E-state index in [0.29, 0.717) is 17.3 Å². The molecule has 0 atom stereocenters. The lowest BCUT2D eigenvalue weighted by atomic mass is 10.1. The number of hydrogen-bond donors (Lipinski definition) is 2. The van der Waals surface area contributed by atoms with Crippen molar-refractivity contribution in [2.75, 3.05) is 5.75 Å². The molecule has 4 aromatic rings. The van der Waals surface area contributed by atoms with Crippen molar-refractivity contribution < 1.29 is 4.79 Å². The fraction of sp³-hybridized carbons (Fsp3) is 0.158. The molecular formula is C19H17N5OS. The number of H-pyrrole nitrogens is 1. The van der Waals surface area contributed by atoms with Gasteiger partial charge in [-0.15, -0.1) is 10.2 Å². The van der Waals surface area contributed by atoms with E-state index in [2.05, 4.69) is 25.5 Å². The van der Waals surface area contributed by atoms with Gasteiger partial charge >= 0.3 is 0 Å². The Bertz CT molecular complexity index is 1090. The molecule has 0 unspecified atom stereocenters. The van der Waals surface area contributed by atoms with Gasteiger partial charge in [-0.3, -0.25) is 4.79 Å². The third-order valence-corrected chi connectivity index (χ3v) is 5.01. The highest BCUT2D eigenvalue weighted by atomic mass is 32.2. The third-order valence-electron chi connectivity index (χ3n) is 4.17. The molecule has 2 heterocycles. The summed E-state index contributed by atoms with van der Waals surface area (Å²) < 4.78 is 0. The normalized spacial score (nSPS) is 11.1. The van der Waals surface area contributed by atoms with Crippen molar-refractivity contribution in [1.29, 1.82) is 0 Å². The zero-order valence-corrected chi connectivity index (χ0v) is 15.0. The summed E-state index contributed by atoms with van der Waals surface area (Å²) in [4.78, 5) is 19.8. The van der Waals surface area contributed by atoms with Crippen molar-refractivity contribution in [2.45, 2.75) is 18.6 Å². The lowest BCUT2D eigenvalue weighted by Crippen LogP contribution is -2.25. The minimum Gasteiger partial charge on any atom is -0.351 e. The highest BCUT2D eigenvalue weighted by molar-refractivity contribution is 7.99. The van der Waals surface area contributed by atoms with Gasteiger partial charge < -0.3 is 10.3 Å². The van der Waals surface area contributed by atoms with Crippen LogP contribution in [0.15, 0.2) is 53.7 Å². The topological polar surface area (TPSA) is 83.6 Å². The second-order valence-corrected chi connectivity index (χ2v) is 6.90. The maximum atomic E-state index is 12.1. The van der Waals surface area contributed by atoms with Crippen LogP contribution in [-0.2, 0) is 11.3 Å². The largest absolute Gasteiger partial charge is 0.351 e. The smallest absolute Gasteiger partial charge is 0.230 e. The number of aromatic amines is 1. The number of fused-ring (bicyclic) bond motifs is 3. The van der Waals surface area contributed by atoms with Crippen molar-refractivity contribution in [3.8, 4) is 0 Å². The van der Waals surface area contributed by atoms with Crippen LogP contribution >= 0.6 is 11.8 Å². The van der Waals surface area contributed by atoms with Crippen LogP contribution in [0.3, 0.4) is 0 Å². The molecule has 2 aromatic carbocycles. The predicted molar refractivity (Wildman–Crippen MR) is 103 cm³/mol. The molecule has 6 nitrogen and oxygen atoms in total. The Morgan fingerprint density at radius 1 is 1.12 bits per heavy atom. The number of carbonyl (C=O) groups is 1. The van der Waals surface area contributed by atoms with Crippen LogP contribution in [0.4, 0.5) is 0 Å². The van der Waals surface area contributed by atoms with Gasteiger partial charge in [0, 0.05) is 17.4 Å². The first kappa shape index (κ1) is 16.5. The summed E-state index contributed by atoms with van der Waals surface area (Å²) in [6, 6.07) is 15.9. The highest BCUT2D eigenvalue weighted by Crippen LogP contribution is 2.23. The summed E-state index contributed by atoms with van der Waals surface area (Å²) in [6.45, 7) is 2.55. The second kappa shape index (κ2) is 7.13. The molecule has 0 radical (unpaired) electrons. The number of para-hydroxylation sites is 1. The first-order valence-corrected chi connectivity index (χ1v) is 9.24. The van der Waals surface area contributed by atoms with E-state index in [-0.39, 0.29) is 11.7 Å². The van der Waals surface area contributed by atoms with Crippen LogP contribution in [-0.4, -0.2) is 31.8 Å². The molecule has 0 spiro atoms. The number of aromatic nitrogens is 4. The molecule has 7 heteroatoms. The number of hydrogen-bond acceptors (Lipinski definition) is 5. The SMILES string of the molecule is Cc1ccccc1CNC(=O)CSc1nnc2c(n1)[nH]c1ccccc12. The Labute approximate surface area is 154 Å². The minimum atomic E-state index is -0.0569. The average Bonchev–Trinajstić information content (AvgIpc) is 3.03. The molecule has 2 N–H and O–H groups in total. The number of nitrogens with zero attached hydrogens (tertiary/aromatic N) is 3. The maximum Gasteiger partial charge on any atom is 0.230 e. The molecule has 0 aliphatic rings. The maximum absolute atomic E-state index is 12.1. The molecule has 0 saturated carbocycles. The van der Waals surface area contributed by atoms with Crippen molar-refractivity contribution in [3.63, 3.8) is 0 Å². The molecule has 0 fully saturated rings. The van der Waals surface area contributed by atoms with Gasteiger partial charge in [-0.2, -0.15) is 0 Å². The summed E-state index contributed by atoms with van der Waals surface area (Å²) in [5.41, 5.74) is 4.68. The number of amides is 1. The van der Waals surface area contributed by atoms with Crippen LogP contribution in [0.25, 0.3) is 22.1 Å². The predicted octanol–water partition coefficient (Wildman–Crippen LogP) is 3.22. The minimum absolute atomic E-state index is 0.0569. The summed E-state index contributed by atoms with van der Waals surface area (Å²) in [6.07, 6.45) is 0. The Morgan fingerprint density at radius 2 is 1.92 bits per heavy atom. The molecule has 4 rings (SSSR count). The third kappa shape index (κ3) is 3.39. The summed E-state index contributed by atoms with van der Waals surface area (Å²) in [5.74, 6) is 0.192. The Kier molecular flexibility index (Phi) is 4.53. The first-order chi connectivity index (χ1) is 12.7. The lowest BCUT2D eigenvalue weighted by molar-refractivity contribution is -0.118. The van der Waals surface area contributed by atoms with E-state index in [9.17, 15) is 4.79 Å². The van der Waals surface area contributed by atoms with Crippen LogP contribution in [0.1, 0.15) is 11.1 Å². The second-order valence-electron chi connectivity index (χ2n) is 5.95. The van der Waals surface area contributed by atoms with E-state index in [1.807, 2.05) is 55.5 Å². The van der Waals surface area contributed by atoms with Gasteiger partial charge in [-0.05, 0) is 24.1 Å². The van der Waals surface area contributed by atoms with E-state index < -0.39 is 0 Å². The summed E-state index contributed by atoms with van der Waals surface area (Å²) >= 11 is 1.28. The Balaban J connectivity index is 1.40. The number of benzene rings is 2. The van der Waals surface area contributed by atoms with Gasteiger partial charge in [0.15, 0.2) is 5.65 Å². The van der Waals surface area contributed by atoms with Gasteiger partial charge in [0.1, 0.15) is 5.52 Å². The molecule has 2 aromatic heterocycles. The van der Waals surface area contributed by atoms with Crippen molar-refractivity contribution in [1.82, 2.24) is 25.5 Å². The highest BCUT2D eigenvalue weighted by Gasteiger charge is 2.10. The van der Waals surface area contributed by atoms with Gasteiger partial charge in [0.05, 0.1) is 5.75 Å². The summed E-state index contributed by atoms with van der Waals surface area (Å²) in [7, 11) is 0. The van der Waals surface area contributed by atoms with Gasteiger partial charge in [0.25, 0.3) is 0 Å². The quantitative estimate of drug-likeness (QED) is 0.532. The standard InChI is InChI=1S/C19H17N5OS/c1-12-6-2-3-7-13(12)10-20-16(25)11-26-19-22-18-17(23-24-19)14-8-4-5-9-15(14)21-18/h2-9H,10-11H2,1H3,(H,20,25)(H,21,22,24). The van der Waals surface area contributed by atoms with Crippen LogP contribution in [0, 0.1) is 6.92 Å². The Hall–Kier alpha value is -2.93. The van der Waals surface area contributed by atoms with Gasteiger partial charge in [-0.25, -0.2) is 4.98 Å². The summed E-state index contributed by atoms with van der Waals surface area (Å²) in [5, 5.41) is 12.8. The molecule has 0 aliphatic heterocycles. The van der Waals surface area contributed by atoms with Crippen LogP contribution in [0.2, 0.25) is 0 Å². The van der Waals surface area contributed by atoms with Crippen LogP contribution < -0.4 is 5.32 Å². The molecule has 0 bridgehead atoms. The van der Waals surface area contributed by atoms with Crippen LogP contribution in [0.5, 0.6) is 0 Å². The Morgan fingerprint density at radius 3 is 2.81 bits per heavy atom. The zero-order chi connectivity index (χ0) is 17.9. The van der Waals surface area contributed by atoms with Crippen molar-refractivity contribution in [3.05, 3.63) is 59.7 Å². The molecule has 0 saturated heterocycles. The monoisotopic (exact) mass is 363 g/mol. The van der Waals surface area contributed by atoms with Crippen molar-refractivity contribution in [2.24, 2.45) is 0 Å². The van der Waals surface area contributed by atoms with E-state index >= 15 is 0 Å². The van der Waals surface area contributed by atoms with E-state index in [0.717, 1.165) is 27.5 Å². The molecule has 1 amide bonds. The number of thioether (sulfide) groups is 1. The molecule has 26 heavy (non-hydrogen) atoms. The van der Waals surface area contributed by atoms with E-state index in [4.69, 9.17) is 0 Å². The van der Waals surface area contributed by atoms with Gasteiger partial charge in [-0.1, -0.05) is 54.2 Å². The number of rotatable bonds is 5. The van der Waals surface area contributed by atoms with E-state index in [1.54, 1.807) is 0 Å². The first-order valence-electron chi connectivity index (χ1n) is 8.26. The molecule has 0 aliphatic carbocycles. The fourth-order valence-corrected chi connectivity index (χ4v) is 3.37. The number of nitrogens with one attached hydrogen (secondary N) is 2. The van der Waals surface area contributed by atoms with Crippen molar-refractivity contribution >= 4 is 39.7 Å². The lowest BCUT2D eigenvalue weighted by Gasteiger charge is -2.07. The molecular weight excluding hydrogens is 346 g/mol. The zero-order valence-electron chi connectivity index (χ0n) is 14.2. The number of aryl methyl sites for hydroxylation is 1. The van der Waals surface area contributed by atoms with Gasteiger partial charge in [0.2, 0.25) is 11.1 Å².